The number of allylic oxidation sites excluding steroid dienone is 2. The fourth-order valence-electron chi connectivity index (χ4n) is 7.63. The maximum absolute atomic E-state index is 13.2. The molecular weight excluding hydrogens is 356 g/mol. The molecule has 0 bridgehead atoms. The highest BCUT2D eigenvalue weighted by atomic mass is 16.1. The lowest BCUT2D eigenvalue weighted by molar-refractivity contribution is -0.131. The molecule has 0 radical (unpaired) electrons. The van der Waals surface area contributed by atoms with Crippen molar-refractivity contribution in [2.75, 3.05) is 0 Å². The maximum Gasteiger partial charge on any atom is 0.140 e. The first kappa shape index (κ1) is 19.3. The molecule has 154 valence electrons. The highest BCUT2D eigenvalue weighted by molar-refractivity contribution is 5.87. The van der Waals surface area contributed by atoms with Crippen LogP contribution >= 0.6 is 0 Å². The number of hydrogen-bond donors (Lipinski definition) is 0. The second-order valence-electron chi connectivity index (χ2n) is 10.7. The Labute approximate surface area is 175 Å². The Balaban J connectivity index is 1.40. The molecule has 2 nitrogen and oxygen atoms in total. The van der Waals surface area contributed by atoms with Gasteiger partial charge in [-0.15, -0.1) is 0 Å². The summed E-state index contributed by atoms with van der Waals surface area (Å²) in [4.78, 5) is 25.8. The van der Waals surface area contributed by atoms with Crippen LogP contribution in [0.2, 0.25) is 0 Å². The summed E-state index contributed by atoms with van der Waals surface area (Å²) in [5.41, 5.74) is 2.79. The number of ketones is 2. The van der Waals surface area contributed by atoms with Crippen LogP contribution in [0.25, 0.3) is 0 Å². The van der Waals surface area contributed by atoms with Crippen molar-refractivity contribution in [1.29, 1.82) is 0 Å². The minimum Gasteiger partial charge on any atom is -0.299 e. The van der Waals surface area contributed by atoms with Crippen molar-refractivity contribution in [3.63, 3.8) is 0 Å². The van der Waals surface area contributed by atoms with Crippen molar-refractivity contribution in [2.24, 2.45) is 34.5 Å². The van der Waals surface area contributed by atoms with Crippen LogP contribution in [0, 0.1) is 34.5 Å². The number of fused-ring (bicyclic) bond motifs is 5. The molecule has 0 aliphatic heterocycles. The molecular formula is C27H34O2. The van der Waals surface area contributed by atoms with E-state index in [0.717, 1.165) is 51.4 Å². The molecule has 29 heavy (non-hydrogen) atoms. The molecule has 0 heterocycles. The van der Waals surface area contributed by atoms with Gasteiger partial charge in [0.15, 0.2) is 0 Å². The van der Waals surface area contributed by atoms with Crippen LogP contribution in [-0.4, -0.2) is 11.6 Å². The third-order valence-electron chi connectivity index (χ3n) is 9.49. The third kappa shape index (κ3) is 2.97. The normalized spacial score (nSPS) is 41.8. The van der Waals surface area contributed by atoms with Crippen molar-refractivity contribution in [3.05, 3.63) is 47.5 Å². The zero-order valence-electron chi connectivity index (χ0n) is 18.0. The molecule has 0 amide bonds. The van der Waals surface area contributed by atoms with Gasteiger partial charge in [0.1, 0.15) is 11.6 Å². The minimum atomic E-state index is -0.0702. The summed E-state index contributed by atoms with van der Waals surface area (Å²) in [6, 6.07) is 10.5. The lowest BCUT2D eigenvalue weighted by Crippen LogP contribution is -2.48. The van der Waals surface area contributed by atoms with Crippen molar-refractivity contribution in [1.82, 2.24) is 0 Å². The van der Waals surface area contributed by atoms with E-state index in [0.29, 0.717) is 35.7 Å². The molecule has 0 N–H and O–H groups in total. The summed E-state index contributed by atoms with van der Waals surface area (Å²) in [5.74, 6) is 2.95. The van der Waals surface area contributed by atoms with Gasteiger partial charge in [-0.2, -0.15) is 0 Å². The first-order chi connectivity index (χ1) is 13.9. The van der Waals surface area contributed by atoms with Crippen molar-refractivity contribution in [3.8, 4) is 0 Å². The molecule has 4 aliphatic rings. The fourth-order valence-corrected chi connectivity index (χ4v) is 7.63. The number of carbonyl (C=O) groups excluding carboxylic acids is 2. The van der Waals surface area contributed by atoms with Gasteiger partial charge in [-0.05, 0) is 73.7 Å². The lowest BCUT2D eigenvalue weighted by atomic mass is 9.49. The summed E-state index contributed by atoms with van der Waals surface area (Å²) in [7, 11) is 0. The van der Waals surface area contributed by atoms with E-state index in [9.17, 15) is 9.59 Å². The predicted molar refractivity (Wildman–Crippen MR) is 115 cm³/mol. The second-order valence-corrected chi connectivity index (χ2v) is 10.7. The number of rotatable bonds is 2. The average molecular weight is 391 g/mol. The van der Waals surface area contributed by atoms with Gasteiger partial charge in [0.05, 0.1) is 0 Å². The Hall–Kier alpha value is -1.70. The van der Waals surface area contributed by atoms with Crippen LogP contribution in [0.5, 0.6) is 0 Å². The SMILES string of the molecule is CC12CCC3C(CC=C4CC(=O)C(Cc5ccccc5)CCC43C)C1CCC2=O. The topological polar surface area (TPSA) is 34.1 Å². The van der Waals surface area contributed by atoms with Gasteiger partial charge in [-0.25, -0.2) is 0 Å². The molecule has 2 heteroatoms. The van der Waals surface area contributed by atoms with Gasteiger partial charge in [0.2, 0.25) is 0 Å². The molecule has 3 fully saturated rings. The fraction of sp³-hybridized carbons (Fsp3) is 0.630. The first-order valence-corrected chi connectivity index (χ1v) is 11.7. The Bertz CT molecular complexity index is 853. The Morgan fingerprint density at radius 1 is 0.931 bits per heavy atom. The zero-order chi connectivity index (χ0) is 20.2. The number of benzene rings is 1. The summed E-state index contributed by atoms with van der Waals surface area (Å²) in [6.07, 6.45) is 11.3. The van der Waals surface area contributed by atoms with Crippen LogP contribution in [0.4, 0.5) is 0 Å². The summed E-state index contributed by atoms with van der Waals surface area (Å²) in [6.45, 7) is 4.70. The van der Waals surface area contributed by atoms with Gasteiger partial charge < -0.3 is 0 Å². The van der Waals surface area contributed by atoms with E-state index in [-0.39, 0.29) is 16.7 Å². The Morgan fingerprint density at radius 3 is 2.45 bits per heavy atom. The molecule has 0 spiro atoms. The number of hydrogen-bond acceptors (Lipinski definition) is 2. The van der Waals surface area contributed by atoms with E-state index in [4.69, 9.17) is 0 Å². The van der Waals surface area contributed by atoms with Gasteiger partial charge >= 0.3 is 0 Å². The zero-order valence-corrected chi connectivity index (χ0v) is 18.0. The van der Waals surface area contributed by atoms with Crippen LogP contribution in [-0.2, 0) is 16.0 Å². The number of carbonyl (C=O) groups is 2. The monoisotopic (exact) mass is 390 g/mol. The van der Waals surface area contributed by atoms with Crippen LogP contribution in [0.1, 0.15) is 70.8 Å². The minimum absolute atomic E-state index is 0.0702. The van der Waals surface area contributed by atoms with Crippen molar-refractivity contribution < 1.29 is 9.59 Å². The van der Waals surface area contributed by atoms with E-state index in [1.165, 1.54) is 11.1 Å². The Kier molecular flexibility index (Phi) is 4.60. The average Bonchev–Trinajstić information content (AvgIpc) is 2.96. The van der Waals surface area contributed by atoms with Crippen LogP contribution in [0.3, 0.4) is 0 Å². The molecule has 1 aromatic carbocycles. The van der Waals surface area contributed by atoms with E-state index >= 15 is 0 Å². The molecule has 0 saturated heterocycles. The van der Waals surface area contributed by atoms with Crippen molar-refractivity contribution >= 4 is 11.6 Å². The van der Waals surface area contributed by atoms with E-state index < -0.39 is 0 Å². The molecule has 6 atom stereocenters. The third-order valence-corrected chi connectivity index (χ3v) is 9.49. The van der Waals surface area contributed by atoms with Crippen LogP contribution < -0.4 is 0 Å². The first-order valence-electron chi connectivity index (χ1n) is 11.7. The van der Waals surface area contributed by atoms with Gasteiger partial charge in [0, 0.05) is 24.2 Å². The van der Waals surface area contributed by atoms with E-state index in [1.54, 1.807) is 0 Å². The second kappa shape index (κ2) is 6.93. The van der Waals surface area contributed by atoms with E-state index in [2.05, 4.69) is 44.2 Å². The van der Waals surface area contributed by atoms with Crippen LogP contribution in [0.15, 0.2) is 42.0 Å². The molecule has 3 saturated carbocycles. The smallest absolute Gasteiger partial charge is 0.140 e. The maximum atomic E-state index is 13.2. The van der Waals surface area contributed by atoms with Gasteiger partial charge in [-0.3, -0.25) is 9.59 Å². The quantitative estimate of drug-likeness (QED) is 0.585. The van der Waals surface area contributed by atoms with Gasteiger partial charge in [0.25, 0.3) is 0 Å². The Morgan fingerprint density at radius 2 is 1.66 bits per heavy atom. The highest BCUT2D eigenvalue weighted by Gasteiger charge is 2.58. The standard InChI is InChI=1S/C27H34O2/c1-26-14-12-19(16-18-6-4-3-5-7-18)24(28)17-20(26)8-9-21-22-10-11-25(29)27(22,2)15-13-23(21)26/h3-8,19,21-23H,9-17H2,1-2H3. The highest BCUT2D eigenvalue weighted by Crippen LogP contribution is 2.63. The summed E-state index contributed by atoms with van der Waals surface area (Å²) < 4.78 is 0. The molecule has 1 aromatic rings. The molecule has 0 aromatic heterocycles. The van der Waals surface area contributed by atoms with Gasteiger partial charge in [-0.1, -0.05) is 55.8 Å². The van der Waals surface area contributed by atoms with Crippen molar-refractivity contribution in [2.45, 2.75) is 71.6 Å². The van der Waals surface area contributed by atoms with E-state index in [1.807, 2.05) is 6.07 Å². The predicted octanol–water partition coefficient (Wildman–Crippen LogP) is 5.95. The largest absolute Gasteiger partial charge is 0.299 e. The molecule has 4 aliphatic carbocycles. The lowest BCUT2D eigenvalue weighted by Gasteiger charge is -2.54. The molecule has 5 rings (SSSR count). The number of Topliss-reactive ketones (excluding diaryl/α,β-unsaturated/α-hetero) is 2. The molecule has 6 unspecified atom stereocenters. The summed E-state index contributed by atoms with van der Waals surface area (Å²) >= 11 is 0. The summed E-state index contributed by atoms with van der Waals surface area (Å²) in [5, 5.41) is 0.